The molecular formula is C10H14N4O3. The highest BCUT2D eigenvalue weighted by molar-refractivity contribution is 5.87. The lowest BCUT2D eigenvalue weighted by atomic mass is 10.2. The van der Waals surface area contributed by atoms with Crippen molar-refractivity contribution >= 4 is 11.8 Å². The molecular weight excluding hydrogens is 224 g/mol. The number of aryl methyl sites for hydroxylation is 1. The van der Waals surface area contributed by atoms with E-state index in [2.05, 4.69) is 10.2 Å². The fourth-order valence-corrected chi connectivity index (χ4v) is 2.00. The van der Waals surface area contributed by atoms with Crippen molar-refractivity contribution < 1.29 is 14.0 Å². The Bertz CT molecular complexity index is 443. The fraction of sp³-hybridized carbons (Fsp3) is 0.600. The van der Waals surface area contributed by atoms with Gasteiger partial charge < -0.3 is 15.1 Å². The average Bonchev–Trinajstić information content (AvgIpc) is 2.86. The summed E-state index contributed by atoms with van der Waals surface area (Å²) in [5.41, 5.74) is 5.24. The Labute approximate surface area is 98.0 Å². The van der Waals surface area contributed by atoms with E-state index in [-0.39, 0.29) is 18.2 Å². The standard InChI is InChI=1S/C10H14N4O3/c1-6-12-13-8(17-6)5-9(15)14-4-2-3-7(14)10(11)16/h7H,2-5H2,1H3,(H2,11,16). The highest BCUT2D eigenvalue weighted by atomic mass is 16.4. The van der Waals surface area contributed by atoms with Crippen LogP contribution in [0.15, 0.2) is 4.42 Å². The third-order valence-corrected chi connectivity index (χ3v) is 2.77. The molecule has 2 rings (SSSR count). The molecule has 7 nitrogen and oxygen atoms in total. The number of primary amides is 1. The van der Waals surface area contributed by atoms with Crippen LogP contribution in [0.3, 0.4) is 0 Å². The summed E-state index contributed by atoms with van der Waals surface area (Å²) < 4.78 is 5.12. The summed E-state index contributed by atoms with van der Waals surface area (Å²) in [6, 6.07) is -0.494. The number of likely N-dealkylation sites (tertiary alicyclic amines) is 1. The molecule has 1 aromatic rings. The Kier molecular flexibility index (Phi) is 3.08. The van der Waals surface area contributed by atoms with Gasteiger partial charge in [0.25, 0.3) is 0 Å². The lowest BCUT2D eigenvalue weighted by molar-refractivity contribution is -0.137. The highest BCUT2D eigenvalue weighted by Crippen LogP contribution is 2.18. The molecule has 92 valence electrons. The van der Waals surface area contributed by atoms with Crippen molar-refractivity contribution in [2.75, 3.05) is 6.54 Å². The van der Waals surface area contributed by atoms with Crippen LogP contribution in [0.1, 0.15) is 24.6 Å². The van der Waals surface area contributed by atoms with E-state index in [1.807, 2.05) is 0 Å². The first-order chi connectivity index (χ1) is 8.08. The second-order valence-corrected chi connectivity index (χ2v) is 4.04. The highest BCUT2D eigenvalue weighted by Gasteiger charge is 2.33. The maximum Gasteiger partial charge on any atom is 0.240 e. The maximum absolute atomic E-state index is 11.9. The van der Waals surface area contributed by atoms with Gasteiger partial charge in [0.15, 0.2) is 0 Å². The van der Waals surface area contributed by atoms with E-state index in [4.69, 9.17) is 10.2 Å². The zero-order valence-electron chi connectivity index (χ0n) is 9.55. The molecule has 2 amide bonds. The maximum atomic E-state index is 11.9. The Morgan fingerprint density at radius 3 is 2.88 bits per heavy atom. The SMILES string of the molecule is Cc1nnc(CC(=O)N2CCCC2C(N)=O)o1. The van der Waals surface area contributed by atoms with Crippen molar-refractivity contribution in [1.82, 2.24) is 15.1 Å². The largest absolute Gasteiger partial charge is 0.425 e. The quantitative estimate of drug-likeness (QED) is 0.757. The van der Waals surface area contributed by atoms with Crippen LogP contribution < -0.4 is 5.73 Å². The molecule has 0 saturated carbocycles. The zero-order valence-corrected chi connectivity index (χ0v) is 9.55. The molecule has 0 aliphatic carbocycles. The minimum absolute atomic E-state index is 0.0185. The average molecular weight is 238 g/mol. The molecule has 0 radical (unpaired) electrons. The molecule has 1 aliphatic rings. The van der Waals surface area contributed by atoms with Crippen molar-refractivity contribution in [3.63, 3.8) is 0 Å². The zero-order chi connectivity index (χ0) is 12.4. The summed E-state index contributed by atoms with van der Waals surface area (Å²) in [6.45, 7) is 2.21. The van der Waals surface area contributed by atoms with Gasteiger partial charge >= 0.3 is 0 Å². The number of nitrogens with two attached hydrogens (primary N) is 1. The monoisotopic (exact) mass is 238 g/mol. The van der Waals surface area contributed by atoms with E-state index < -0.39 is 11.9 Å². The van der Waals surface area contributed by atoms with Crippen molar-refractivity contribution in [1.29, 1.82) is 0 Å². The molecule has 2 heterocycles. The van der Waals surface area contributed by atoms with Crippen LogP contribution >= 0.6 is 0 Å². The van der Waals surface area contributed by atoms with Gasteiger partial charge in [0, 0.05) is 13.5 Å². The van der Waals surface area contributed by atoms with Gasteiger partial charge in [0.2, 0.25) is 23.6 Å². The smallest absolute Gasteiger partial charge is 0.240 e. The fourth-order valence-electron chi connectivity index (χ4n) is 2.00. The molecule has 0 spiro atoms. The molecule has 1 saturated heterocycles. The normalized spacial score (nSPS) is 19.6. The van der Waals surface area contributed by atoms with Crippen LogP contribution in [0, 0.1) is 6.92 Å². The second kappa shape index (κ2) is 4.52. The van der Waals surface area contributed by atoms with E-state index in [1.54, 1.807) is 6.92 Å². The van der Waals surface area contributed by atoms with Gasteiger partial charge in [-0.15, -0.1) is 10.2 Å². The van der Waals surface area contributed by atoms with Crippen LogP contribution in [0.4, 0.5) is 0 Å². The summed E-state index contributed by atoms with van der Waals surface area (Å²) in [4.78, 5) is 24.6. The van der Waals surface area contributed by atoms with Gasteiger partial charge in [-0.25, -0.2) is 0 Å². The van der Waals surface area contributed by atoms with Gasteiger partial charge in [0.1, 0.15) is 12.5 Å². The minimum atomic E-state index is -0.494. The summed E-state index contributed by atoms with van der Waals surface area (Å²) in [5.74, 6) is 0.0239. The van der Waals surface area contributed by atoms with E-state index in [9.17, 15) is 9.59 Å². The Morgan fingerprint density at radius 2 is 2.29 bits per heavy atom. The number of aromatic nitrogens is 2. The van der Waals surface area contributed by atoms with Crippen LogP contribution in [0.25, 0.3) is 0 Å². The minimum Gasteiger partial charge on any atom is -0.425 e. The molecule has 7 heteroatoms. The molecule has 0 aromatic carbocycles. The van der Waals surface area contributed by atoms with Crippen molar-refractivity contribution in [3.05, 3.63) is 11.8 Å². The van der Waals surface area contributed by atoms with Gasteiger partial charge in [-0.05, 0) is 12.8 Å². The first-order valence-corrected chi connectivity index (χ1v) is 5.45. The molecule has 2 N–H and O–H groups in total. The van der Waals surface area contributed by atoms with Gasteiger partial charge in [0.05, 0.1) is 0 Å². The van der Waals surface area contributed by atoms with Crippen molar-refractivity contribution in [2.24, 2.45) is 5.73 Å². The predicted octanol–water partition coefficient (Wildman–Crippen LogP) is -0.603. The topological polar surface area (TPSA) is 102 Å². The van der Waals surface area contributed by atoms with Crippen molar-refractivity contribution in [3.8, 4) is 0 Å². The number of amides is 2. The summed E-state index contributed by atoms with van der Waals surface area (Å²) in [6.07, 6.45) is 1.44. The van der Waals surface area contributed by atoms with Crippen LogP contribution in [-0.4, -0.2) is 39.5 Å². The van der Waals surface area contributed by atoms with Crippen molar-refractivity contribution in [2.45, 2.75) is 32.2 Å². The number of hydrogen-bond donors (Lipinski definition) is 1. The number of carbonyl (C=O) groups is 2. The number of rotatable bonds is 3. The molecule has 1 fully saturated rings. The summed E-state index contributed by atoms with van der Waals surface area (Å²) in [7, 11) is 0. The molecule has 1 unspecified atom stereocenters. The third kappa shape index (κ3) is 2.43. The number of hydrogen-bond acceptors (Lipinski definition) is 5. The van der Waals surface area contributed by atoms with Gasteiger partial charge in [-0.1, -0.05) is 0 Å². The number of carbonyl (C=O) groups excluding carboxylic acids is 2. The van der Waals surface area contributed by atoms with E-state index in [0.29, 0.717) is 18.9 Å². The molecule has 0 bridgehead atoms. The van der Waals surface area contributed by atoms with E-state index in [1.165, 1.54) is 4.90 Å². The summed E-state index contributed by atoms with van der Waals surface area (Å²) in [5, 5.41) is 7.39. The molecule has 1 aromatic heterocycles. The molecule has 1 aliphatic heterocycles. The lowest BCUT2D eigenvalue weighted by Crippen LogP contribution is -2.44. The van der Waals surface area contributed by atoms with Crippen LogP contribution in [0.2, 0.25) is 0 Å². The Hall–Kier alpha value is -1.92. The Morgan fingerprint density at radius 1 is 1.53 bits per heavy atom. The number of nitrogens with zero attached hydrogens (tertiary/aromatic N) is 3. The van der Waals surface area contributed by atoms with Gasteiger partial charge in [-0.2, -0.15) is 0 Å². The third-order valence-electron chi connectivity index (χ3n) is 2.77. The van der Waals surface area contributed by atoms with E-state index >= 15 is 0 Å². The van der Waals surface area contributed by atoms with Gasteiger partial charge in [-0.3, -0.25) is 9.59 Å². The Balaban J connectivity index is 2.02. The van der Waals surface area contributed by atoms with E-state index in [0.717, 1.165) is 6.42 Å². The second-order valence-electron chi connectivity index (χ2n) is 4.04. The van der Waals surface area contributed by atoms with Crippen LogP contribution in [-0.2, 0) is 16.0 Å². The first kappa shape index (κ1) is 11.6. The molecule has 1 atom stereocenters. The lowest BCUT2D eigenvalue weighted by Gasteiger charge is -2.21. The first-order valence-electron chi connectivity index (χ1n) is 5.45. The molecule has 17 heavy (non-hydrogen) atoms. The van der Waals surface area contributed by atoms with Crippen LogP contribution in [0.5, 0.6) is 0 Å². The predicted molar refractivity (Wildman–Crippen MR) is 56.7 cm³/mol. The summed E-state index contributed by atoms with van der Waals surface area (Å²) >= 11 is 0.